The Hall–Kier alpha value is -4.25. The van der Waals surface area contributed by atoms with Gasteiger partial charge in [0, 0.05) is 23.4 Å². The summed E-state index contributed by atoms with van der Waals surface area (Å²) in [5.41, 5.74) is 5.96. The van der Waals surface area contributed by atoms with Gasteiger partial charge in [-0.05, 0) is 61.6 Å². The number of rotatable bonds is 5. The zero-order chi connectivity index (χ0) is 26.4. The van der Waals surface area contributed by atoms with Crippen LogP contribution in [0, 0.1) is 12.8 Å². The number of esters is 1. The number of hydrogen-bond acceptors (Lipinski definition) is 5. The topological polar surface area (TPSA) is 59.6 Å². The number of benzene rings is 4. The maximum atomic E-state index is 13.4. The molecule has 0 radical (unpaired) electrons. The van der Waals surface area contributed by atoms with E-state index in [2.05, 4.69) is 35.8 Å². The van der Waals surface area contributed by atoms with Crippen LogP contribution in [0.4, 0.5) is 17.1 Å². The van der Waals surface area contributed by atoms with Crippen LogP contribution < -0.4 is 15.4 Å². The van der Waals surface area contributed by atoms with Crippen molar-refractivity contribution in [3.05, 3.63) is 113 Å². The molecule has 0 aromatic heterocycles. The lowest BCUT2D eigenvalue weighted by atomic mass is 9.76. The van der Waals surface area contributed by atoms with E-state index in [-0.39, 0.29) is 5.97 Å². The summed E-state index contributed by atoms with van der Waals surface area (Å²) in [6.07, 6.45) is 6.32. The van der Waals surface area contributed by atoms with Crippen LogP contribution in [0.3, 0.4) is 0 Å². The third-order valence-corrected chi connectivity index (χ3v) is 8.43. The van der Waals surface area contributed by atoms with E-state index in [1.165, 1.54) is 32.1 Å². The average molecular weight is 517 g/mol. The molecule has 39 heavy (non-hydrogen) atoms. The SMILES string of the molecule is Cc1cc2c(c(NCC3CCCCC3)c1Nc1ccccc1)C1(OC(=O)c3ccccc31)c1ccccc1O2. The Kier molecular flexibility index (Phi) is 5.80. The molecule has 3 aliphatic rings. The highest BCUT2D eigenvalue weighted by Gasteiger charge is 2.55. The fourth-order valence-corrected chi connectivity index (χ4v) is 6.56. The van der Waals surface area contributed by atoms with Crippen LogP contribution in [0.15, 0.2) is 84.9 Å². The number of carbonyl (C=O) groups excluding carboxylic acids is 1. The van der Waals surface area contributed by atoms with Crippen LogP contribution in [-0.4, -0.2) is 12.5 Å². The summed E-state index contributed by atoms with van der Waals surface area (Å²) in [7, 11) is 0. The second kappa shape index (κ2) is 9.49. The number of aryl methyl sites for hydroxylation is 1. The molecule has 2 heterocycles. The van der Waals surface area contributed by atoms with E-state index in [1.807, 2.05) is 66.7 Å². The average Bonchev–Trinajstić information content (AvgIpc) is 3.27. The van der Waals surface area contributed by atoms with Gasteiger partial charge in [0.1, 0.15) is 11.5 Å². The van der Waals surface area contributed by atoms with Crippen molar-refractivity contribution in [3.63, 3.8) is 0 Å². The van der Waals surface area contributed by atoms with Crippen LogP contribution >= 0.6 is 0 Å². The standard InChI is InChI=1S/C34H32N2O3/c1-22-20-29-30(32(35-21-23-12-4-2-5-13-23)31(22)36-24-14-6-3-7-15-24)34(27-18-10-11-19-28(27)38-29)26-17-9-8-16-25(26)33(37)39-34/h3,6-11,14-20,23,35-36H,2,4-5,12-13,21H2,1H3. The van der Waals surface area contributed by atoms with Crippen molar-refractivity contribution in [2.75, 3.05) is 17.2 Å². The molecule has 4 aromatic rings. The Morgan fingerprint density at radius 3 is 2.36 bits per heavy atom. The third kappa shape index (κ3) is 3.87. The van der Waals surface area contributed by atoms with Crippen molar-refractivity contribution in [3.8, 4) is 11.5 Å². The van der Waals surface area contributed by atoms with Gasteiger partial charge in [-0.3, -0.25) is 0 Å². The molecule has 2 aliphatic heterocycles. The lowest BCUT2D eigenvalue weighted by Gasteiger charge is -2.39. The Morgan fingerprint density at radius 2 is 1.54 bits per heavy atom. The lowest BCUT2D eigenvalue weighted by Crippen LogP contribution is -2.34. The van der Waals surface area contributed by atoms with Gasteiger partial charge >= 0.3 is 5.97 Å². The van der Waals surface area contributed by atoms with Crippen LogP contribution in [0.2, 0.25) is 0 Å². The first-order valence-corrected chi connectivity index (χ1v) is 14.0. The molecule has 4 aromatic carbocycles. The molecule has 5 nitrogen and oxygen atoms in total. The highest BCUT2D eigenvalue weighted by molar-refractivity contribution is 5.98. The second-order valence-electron chi connectivity index (χ2n) is 10.9. The van der Waals surface area contributed by atoms with E-state index in [1.54, 1.807) is 0 Å². The molecule has 1 atom stereocenters. The molecule has 1 unspecified atom stereocenters. The van der Waals surface area contributed by atoms with Gasteiger partial charge in [0.25, 0.3) is 0 Å². The van der Waals surface area contributed by atoms with E-state index >= 15 is 0 Å². The quantitative estimate of drug-likeness (QED) is 0.261. The third-order valence-electron chi connectivity index (χ3n) is 8.43. The van der Waals surface area contributed by atoms with E-state index in [4.69, 9.17) is 9.47 Å². The van der Waals surface area contributed by atoms with E-state index < -0.39 is 5.60 Å². The first kappa shape index (κ1) is 23.8. The fourth-order valence-electron chi connectivity index (χ4n) is 6.56. The summed E-state index contributed by atoms with van der Waals surface area (Å²) in [6, 6.07) is 27.9. The summed E-state index contributed by atoms with van der Waals surface area (Å²) in [4.78, 5) is 13.4. The van der Waals surface area contributed by atoms with Crippen molar-refractivity contribution in [1.29, 1.82) is 0 Å². The maximum Gasteiger partial charge on any atom is 0.340 e. The Balaban J connectivity index is 1.48. The molecule has 0 amide bonds. The Labute approximate surface area is 229 Å². The van der Waals surface area contributed by atoms with Crippen LogP contribution in [0.25, 0.3) is 0 Å². The number of carbonyl (C=O) groups is 1. The predicted molar refractivity (Wildman–Crippen MR) is 154 cm³/mol. The van der Waals surface area contributed by atoms with Crippen molar-refractivity contribution in [1.82, 2.24) is 0 Å². The molecule has 2 N–H and O–H groups in total. The van der Waals surface area contributed by atoms with Crippen molar-refractivity contribution in [2.45, 2.75) is 44.6 Å². The van der Waals surface area contributed by atoms with Gasteiger partial charge in [0.2, 0.25) is 0 Å². The molecular weight excluding hydrogens is 484 g/mol. The Morgan fingerprint density at radius 1 is 0.821 bits per heavy atom. The van der Waals surface area contributed by atoms with Crippen molar-refractivity contribution in [2.24, 2.45) is 5.92 Å². The second-order valence-corrected chi connectivity index (χ2v) is 10.9. The molecule has 7 rings (SSSR count). The monoisotopic (exact) mass is 516 g/mol. The number of nitrogens with one attached hydrogen (secondary N) is 2. The lowest BCUT2D eigenvalue weighted by molar-refractivity contribution is 0.0227. The van der Waals surface area contributed by atoms with Gasteiger partial charge in [-0.1, -0.05) is 73.9 Å². The number of para-hydroxylation sites is 2. The summed E-state index contributed by atoms with van der Waals surface area (Å²) >= 11 is 0. The molecule has 0 bridgehead atoms. The fraction of sp³-hybridized carbons (Fsp3) is 0.265. The van der Waals surface area contributed by atoms with Crippen LogP contribution in [0.1, 0.15) is 64.7 Å². The van der Waals surface area contributed by atoms with Crippen LogP contribution in [0.5, 0.6) is 11.5 Å². The van der Waals surface area contributed by atoms with Crippen molar-refractivity contribution < 1.29 is 14.3 Å². The minimum absolute atomic E-state index is 0.315. The highest BCUT2D eigenvalue weighted by atomic mass is 16.6. The maximum absolute atomic E-state index is 13.4. The van der Waals surface area contributed by atoms with Gasteiger partial charge in [-0.25, -0.2) is 4.79 Å². The summed E-state index contributed by atoms with van der Waals surface area (Å²) in [5, 5.41) is 7.55. The molecule has 1 saturated carbocycles. The minimum Gasteiger partial charge on any atom is -0.456 e. The highest BCUT2D eigenvalue weighted by Crippen LogP contribution is 2.60. The zero-order valence-corrected chi connectivity index (χ0v) is 22.1. The number of ether oxygens (including phenoxy) is 2. The molecule has 0 saturated heterocycles. The van der Waals surface area contributed by atoms with Gasteiger partial charge in [-0.15, -0.1) is 0 Å². The van der Waals surface area contributed by atoms with Gasteiger partial charge in [0.15, 0.2) is 5.60 Å². The Bertz CT molecular complexity index is 1560. The van der Waals surface area contributed by atoms with E-state index in [0.717, 1.165) is 45.9 Å². The first-order chi connectivity index (χ1) is 19.1. The summed E-state index contributed by atoms with van der Waals surface area (Å²) in [5.74, 6) is 1.70. The minimum atomic E-state index is -1.12. The first-order valence-electron chi connectivity index (χ1n) is 14.0. The molecular formula is C34H32N2O3. The van der Waals surface area contributed by atoms with E-state index in [9.17, 15) is 4.79 Å². The summed E-state index contributed by atoms with van der Waals surface area (Å²) < 4.78 is 13.1. The molecule has 1 aliphatic carbocycles. The van der Waals surface area contributed by atoms with Gasteiger partial charge in [0.05, 0.1) is 22.5 Å². The normalized spacial score (nSPS) is 19.5. The molecule has 196 valence electrons. The number of hydrogen-bond donors (Lipinski definition) is 2. The van der Waals surface area contributed by atoms with Crippen molar-refractivity contribution >= 4 is 23.0 Å². The predicted octanol–water partition coefficient (Wildman–Crippen LogP) is 8.30. The smallest absolute Gasteiger partial charge is 0.340 e. The van der Waals surface area contributed by atoms with Gasteiger partial charge < -0.3 is 20.1 Å². The van der Waals surface area contributed by atoms with Crippen LogP contribution in [-0.2, 0) is 10.3 Å². The molecule has 1 fully saturated rings. The zero-order valence-electron chi connectivity index (χ0n) is 22.1. The largest absolute Gasteiger partial charge is 0.456 e. The molecule has 5 heteroatoms. The number of fused-ring (bicyclic) bond motifs is 6. The number of anilines is 3. The van der Waals surface area contributed by atoms with E-state index in [0.29, 0.717) is 23.0 Å². The van der Waals surface area contributed by atoms with Gasteiger partial charge in [-0.2, -0.15) is 0 Å². The summed E-state index contributed by atoms with van der Waals surface area (Å²) in [6.45, 7) is 2.95. The molecule has 1 spiro atoms.